The Hall–Kier alpha value is -3.25. The van der Waals surface area contributed by atoms with Gasteiger partial charge in [-0.3, -0.25) is 0 Å². The molecule has 4 aromatic rings. The number of hydrogen-bond donors (Lipinski definition) is 2. The quantitative estimate of drug-likeness (QED) is 0.160. The van der Waals surface area contributed by atoms with Gasteiger partial charge in [-0.15, -0.1) is 0 Å². The third-order valence-electron chi connectivity index (χ3n) is 6.59. The molecule has 1 aliphatic rings. The monoisotopic (exact) mass is 578 g/mol. The van der Waals surface area contributed by atoms with Crippen molar-refractivity contribution in [3.05, 3.63) is 131 Å². The Bertz CT molecular complexity index is 1500. The maximum Gasteiger partial charge on any atom is 0.251 e. The average Bonchev–Trinajstić information content (AvgIpc) is 3.00. The van der Waals surface area contributed by atoms with Crippen molar-refractivity contribution in [1.82, 2.24) is 4.72 Å². The van der Waals surface area contributed by atoms with E-state index in [1.165, 1.54) is 18.0 Å². The Kier molecular flexibility index (Phi) is 9.15. The SMILES string of the molecule is O=S(=O)(NCc1ccc([C@H]2O[C@@H](CSc3cccc[n+]3[O-])C[C@@H](c3ccc(CO)cc3)O2)cc1)c1ccccc1. The van der Waals surface area contributed by atoms with Crippen molar-refractivity contribution in [3.63, 3.8) is 0 Å². The number of thioether (sulfide) groups is 1. The van der Waals surface area contributed by atoms with Gasteiger partial charge in [0.25, 0.3) is 5.03 Å². The molecule has 2 heterocycles. The molecule has 1 aliphatic heterocycles. The summed E-state index contributed by atoms with van der Waals surface area (Å²) >= 11 is 1.44. The predicted molar refractivity (Wildman–Crippen MR) is 151 cm³/mol. The van der Waals surface area contributed by atoms with Crippen molar-refractivity contribution in [2.24, 2.45) is 0 Å². The van der Waals surface area contributed by atoms with Gasteiger partial charge in [-0.25, -0.2) is 13.1 Å². The van der Waals surface area contributed by atoms with Crippen LogP contribution in [0.5, 0.6) is 0 Å². The zero-order valence-electron chi connectivity index (χ0n) is 21.6. The van der Waals surface area contributed by atoms with Gasteiger partial charge >= 0.3 is 0 Å². The van der Waals surface area contributed by atoms with Gasteiger partial charge < -0.3 is 19.8 Å². The van der Waals surface area contributed by atoms with Crippen LogP contribution in [0.2, 0.25) is 0 Å². The van der Waals surface area contributed by atoms with E-state index in [0.717, 1.165) is 27.0 Å². The molecule has 0 spiro atoms. The molecular formula is C30H30N2O6S2. The minimum absolute atomic E-state index is 0.0308. The molecule has 10 heteroatoms. The first kappa shape index (κ1) is 28.3. The zero-order chi connectivity index (χ0) is 28.0. The number of nitrogens with one attached hydrogen (secondary N) is 1. The molecule has 0 bridgehead atoms. The van der Waals surface area contributed by atoms with E-state index in [4.69, 9.17) is 9.47 Å². The Morgan fingerprint density at radius 2 is 1.55 bits per heavy atom. The summed E-state index contributed by atoms with van der Waals surface area (Å²) in [7, 11) is -3.61. The van der Waals surface area contributed by atoms with Crippen LogP contribution in [0.4, 0.5) is 0 Å². The van der Waals surface area contributed by atoms with Crippen molar-refractivity contribution < 1.29 is 27.7 Å². The maximum absolute atomic E-state index is 12.6. The fraction of sp³-hybridized carbons (Fsp3) is 0.233. The van der Waals surface area contributed by atoms with Crippen molar-refractivity contribution >= 4 is 21.8 Å². The van der Waals surface area contributed by atoms with Crippen LogP contribution in [-0.2, 0) is 32.6 Å². The minimum Gasteiger partial charge on any atom is -0.618 e. The summed E-state index contributed by atoms with van der Waals surface area (Å²) in [6, 6.07) is 28.7. The number of benzene rings is 3. The van der Waals surface area contributed by atoms with Crippen LogP contribution >= 0.6 is 11.8 Å². The van der Waals surface area contributed by atoms with Gasteiger partial charge in [0.15, 0.2) is 12.5 Å². The molecule has 5 rings (SSSR count). The number of nitrogens with zero attached hydrogens (tertiary/aromatic N) is 1. The van der Waals surface area contributed by atoms with Crippen LogP contribution < -0.4 is 9.45 Å². The summed E-state index contributed by atoms with van der Waals surface area (Å²) in [5, 5.41) is 22.1. The Labute approximate surface area is 238 Å². The summed E-state index contributed by atoms with van der Waals surface area (Å²) in [6.45, 7) is 0.117. The number of aliphatic hydroxyl groups excluding tert-OH is 1. The molecule has 0 radical (unpaired) electrons. The first-order valence-corrected chi connectivity index (χ1v) is 15.3. The van der Waals surface area contributed by atoms with Crippen LogP contribution in [0.15, 0.2) is 113 Å². The topological polar surface area (TPSA) is 112 Å². The van der Waals surface area contributed by atoms with E-state index in [1.807, 2.05) is 54.6 Å². The van der Waals surface area contributed by atoms with Crippen LogP contribution in [-0.4, -0.2) is 25.4 Å². The van der Waals surface area contributed by atoms with Gasteiger partial charge in [0, 0.05) is 36.4 Å². The molecule has 2 N–H and O–H groups in total. The molecule has 208 valence electrons. The second-order valence-corrected chi connectivity index (χ2v) is 12.2. The molecule has 3 atom stereocenters. The lowest BCUT2D eigenvalue weighted by atomic mass is 10.0. The van der Waals surface area contributed by atoms with Gasteiger partial charge in [-0.1, -0.05) is 78.5 Å². The molecule has 0 amide bonds. The number of hydrogen-bond acceptors (Lipinski definition) is 7. The van der Waals surface area contributed by atoms with E-state index in [0.29, 0.717) is 17.2 Å². The number of aliphatic hydroxyl groups is 1. The van der Waals surface area contributed by atoms with E-state index in [-0.39, 0.29) is 30.3 Å². The standard InChI is InChI=1S/C30H30N2O6S2/c33-20-23-11-13-24(14-12-23)28-18-26(21-39-29-8-4-5-17-32(29)34)37-30(38-28)25-15-9-22(10-16-25)19-31-40(35,36)27-6-2-1-3-7-27/h1-17,26,28,30-31,33H,18-21H2/t26-,28+,30+/m1/s1. The molecular weight excluding hydrogens is 548 g/mol. The fourth-order valence-corrected chi connectivity index (χ4v) is 6.35. The Balaban J connectivity index is 1.29. The van der Waals surface area contributed by atoms with Gasteiger partial charge in [0.05, 0.1) is 23.7 Å². The van der Waals surface area contributed by atoms with Crippen molar-refractivity contribution in [2.75, 3.05) is 5.75 Å². The largest absolute Gasteiger partial charge is 0.618 e. The minimum atomic E-state index is -3.61. The van der Waals surface area contributed by atoms with Gasteiger partial charge in [-0.2, -0.15) is 4.73 Å². The first-order chi connectivity index (χ1) is 19.4. The molecule has 1 fully saturated rings. The van der Waals surface area contributed by atoms with Crippen molar-refractivity contribution in [2.45, 2.75) is 48.0 Å². The highest BCUT2D eigenvalue weighted by atomic mass is 32.2. The molecule has 40 heavy (non-hydrogen) atoms. The van der Waals surface area contributed by atoms with E-state index in [2.05, 4.69) is 4.72 Å². The lowest BCUT2D eigenvalue weighted by Crippen LogP contribution is -2.32. The lowest BCUT2D eigenvalue weighted by Gasteiger charge is -2.36. The van der Waals surface area contributed by atoms with Crippen LogP contribution in [0, 0.1) is 5.21 Å². The van der Waals surface area contributed by atoms with Crippen LogP contribution in [0.25, 0.3) is 0 Å². The van der Waals surface area contributed by atoms with Gasteiger partial charge in [-0.05, 0) is 34.9 Å². The number of aromatic nitrogens is 1. The number of sulfonamides is 1. The van der Waals surface area contributed by atoms with Crippen LogP contribution in [0.1, 0.15) is 41.1 Å². The predicted octanol–water partition coefficient (Wildman–Crippen LogP) is 4.63. The highest BCUT2D eigenvalue weighted by Crippen LogP contribution is 2.39. The summed E-state index contributed by atoms with van der Waals surface area (Å²) in [5.74, 6) is 0.566. The second kappa shape index (κ2) is 12.9. The van der Waals surface area contributed by atoms with E-state index in [9.17, 15) is 18.7 Å². The highest BCUT2D eigenvalue weighted by Gasteiger charge is 2.32. The molecule has 0 aliphatic carbocycles. The lowest BCUT2D eigenvalue weighted by molar-refractivity contribution is -0.645. The molecule has 1 aromatic heterocycles. The molecule has 0 saturated carbocycles. The van der Waals surface area contributed by atoms with E-state index in [1.54, 1.807) is 42.5 Å². The number of ether oxygens (including phenoxy) is 2. The summed E-state index contributed by atoms with van der Waals surface area (Å²) in [5.41, 5.74) is 3.40. The average molecular weight is 579 g/mol. The van der Waals surface area contributed by atoms with E-state index >= 15 is 0 Å². The molecule has 1 saturated heterocycles. The summed E-state index contributed by atoms with van der Waals surface area (Å²) < 4.78 is 41.3. The normalized spacial score (nSPS) is 19.4. The summed E-state index contributed by atoms with van der Waals surface area (Å²) in [6.07, 6.45) is 0.997. The van der Waals surface area contributed by atoms with Crippen molar-refractivity contribution in [3.8, 4) is 0 Å². The molecule has 0 unspecified atom stereocenters. The second-order valence-electron chi connectivity index (χ2n) is 9.41. The van der Waals surface area contributed by atoms with E-state index < -0.39 is 16.3 Å². The third kappa shape index (κ3) is 7.08. The van der Waals surface area contributed by atoms with Gasteiger partial charge in [0.2, 0.25) is 10.0 Å². The zero-order valence-corrected chi connectivity index (χ0v) is 23.3. The molecule has 8 nitrogen and oxygen atoms in total. The maximum atomic E-state index is 12.6. The highest BCUT2D eigenvalue weighted by molar-refractivity contribution is 7.99. The third-order valence-corrected chi connectivity index (χ3v) is 9.16. The van der Waals surface area contributed by atoms with Crippen molar-refractivity contribution in [1.29, 1.82) is 0 Å². The van der Waals surface area contributed by atoms with Gasteiger partial charge in [0.1, 0.15) is 0 Å². The Morgan fingerprint density at radius 3 is 2.25 bits per heavy atom. The summed E-state index contributed by atoms with van der Waals surface area (Å²) in [4.78, 5) is 0.218. The smallest absolute Gasteiger partial charge is 0.251 e. The molecule has 3 aromatic carbocycles. The fourth-order valence-electron chi connectivity index (χ4n) is 4.38. The number of rotatable bonds is 10. The first-order valence-electron chi connectivity index (χ1n) is 12.9. The van der Waals surface area contributed by atoms with Crippen LogP contribution in [0.3, 0.4) is 0 Å². The Morgan fingerprint density at radius 1 is 0.875 bits per heavy atom. The number of pyridine rings is 1.